The largest absolute Gasteiger partial charge is 0.355 e. The van der Waals surface area contributed by atoms with E-state index in [-0.39, 0.29) is 5.91 Å². The van der Waals surface area contributed by atoms with Crippen molar-refractivity contribution in [1.82, 2.24) is 15.1 Å². The molecule has 2 aromatic rings. The highest BCUT2D eigenvalue weighted by atomic mass is 35.5. The summed E-state index contributed by atoms with van der Waals surface area (Å²) < 4.78 is 0. The Morgan fingerprint density at radius 2 is 1.75 bits per heavy atom. The predicted octanol–water partition coefficient (Wildman–Crippen LogP) is 3.33. The highest BCUT2D eigenvalue weighted by Gasteiger charge is 2.17. The van der Waals surface area contributed by atoms with Crippen molar-refractivity contribution in [1.29, 1.82) is 0 Å². The van der Waals surface area contributed by atoms with Crippen LogP contribution >= 0.6 is 11.6 Å². The summed E-state index contributed by atoms with van der Waals surface area (Å²) in [7, 11) is 0. The third-order valence-corrected chi connectivity index (χ3v) is 5.17. The number of hydrogen-bond acceptors (Lipinski definition) is 3. The normalized spacial score (nSPS) is 15.8. The molecule has 0 unspecified atom stereocenters. The number of amides is 1. The van der Waals surface area contributed by atoms with E-state index in [0.717, 1.165) is 49.7 Å². The van der Waals surface area contributed by atoms with Crippen molar-refractivity contribution in [2.75, 3.05) is 45.8 Å². The highest BCUT2D eigenvalue weighted by molar-refractivity contribution is 6.30. The van der Waals surface area contributed by atoms with Crippen LogP contribution < -0.4 is 5.32 Å². The quantitative estimate of drug-likeness (QED) is 0.742. The van der Waals surface area contributed by atoms with E-state index in [4.69, 9.17) is 11.6 Å². The summed E-state index contributed by atoms with van der Waals surface area (Å²) in [5.74, 6) is 0.0967. The van der Waals surface area contributed by atoms with Crippen molar-refractivity contribution in [3.8, 4) is 0 Å². The first kappa shape index (κ1) is 20.6. The van der Waals surface area contributed by atoms with E-state index >= 15 is 0 Å². The molecule has 0 aliphatic carbocycles. The van der Waals surface area contributed by atoms with Gasteiger partial charge in [-0.15, -0.1) is 0 Å². The summed E-state index contributed by atoms with van der Waals surface area (Å²) >= 11 is 5.99. The molecule has 1 heterocycles. The molecule has 1 saturated heterocycles. The van der Waals surface area contributed by atoms with Gasteiger partial charge in [-0.25, -0.2) is 0 Å². The number of piperazine rings is 1. The summed E-state index contributed by atoms with van der Waals surface area (Å²) in [5, 5.41) is 3.75. The van der Waals surface area contributed by atoms with Crippen molar-refractivity contribution in [3.63, 3.8) is 0 Å². The van der Waals surface area contributed by atoms with E-state index in [1.54, 1.807) is 0 Å². The van der Waals surface area contributed by atoms with Gasteiger partial charge in [0.05, 0.1) is 6.54 Å². The van der Waals surface area contributed by atoms with Crippen molar-refractivity contribution in [2.45, 2.75) is 6.42 Å². The molecule has 3 rings (SSSR count). The van der Waals surface area contributed by atoms with Crippen LogP contribution in [0, 0.1) is 0 Å². The zero-order chi connectivity index (χ0) is 19.6. The molecule has 0 spiro atoms. The minimum Gasteiger partial charge on any atom is -0.355 e. The monoisotopic (exact) mass is 397 g/mol. The second-order valence-electron chi connectivity index (χ2n) is 7.12. The SMILES string of the molecule is O=C(CN1CCN(C/C=C/c2ccccc2)CC1)NCCc1cccc(Cl)c1. The van der Waals surface area contributed by atoms with E-state index in [2.05, 4.69) is 51.5 Å². The average molecular weight is 398 g/mol. The average Bonchev–Trinajstić information content (AvgIpc) is 2.70. The predicted molar refractivity (Wildman–Crippen MR) is 117 cm³/mol. The topological polar surface area (TPSA) is 35.6 Å². The number of hydrogen-bond donors (Lipinski definition) is 1. The molecule has 1 aliphatic rings. The van der Waals surface area contributed by atoms with E-state index < -0.39 is 0 Å². The van der Waals surface area contributed by atoms with Crippen molar-refractivity contribution in [3.05, 3.63) is 76.8 Å². The third-order valence-electron chi connectivity index (χ3n) is 4.93. The van der Waals surface area contributed by atoms with Gasteiger partial charge in [-0.1, -0.05) is 66.2 Å². The highest BCUT2D eigenvalue weighted by Crippen LogP contribution is 2.10. The molecule has 5 heteroatoms. The summed E-state index contributed by atoms with van der Waals surface area (Å²) in [5.41, 5.74) is 2.38. The van der Waals surface area contributed by atoms with Crippen LogP contribution in [0.4, 0.5) is 0 Å². The summed E-state index contributed by atoms with van der Waals surface area (Å²) in [6.45, 7) is 5.92. The number of carbonyl (C=O) groups excluding carboxylic acids is 1. The lowest BCUT2D eigenvalue weighted by atomic mass is 10.1. The van der Waals surface area contributed by atoms with Crippen LogP contribution in [0.25, 0.3) is 6.08 Å². The molecule has 1 amide bonds. The van der Waals surface area contributed by atoms with Gasteiger partial charge < -0.3 is 5.32 Å². The minimum absolute atomic E-state index is 0.0967. The van der Waals surface area contributed by atoms with Crippen LogP contribution in [-0.2, 0) is 11.2 Å². The summed E-state index contributed by atoms with van der Waals surface area (Å²) in [6, 6.07) is 18.1. The fourth-order valence-corrected chi connectivity index (χ4v) is 3.54. The first-order valence-electron chi connectivity index (χ1n) is 9.86. The first-order chi connectivity index (χ1) is 13.7. The van der Waals surface area contributed by atoms with Gasteiger partial charge in [-0.3, -0.25) is 14.6 Å². The molecule has 1 N–H and O–H groups in total. The Balaban J connectivity index is 1.30. The van der Waals surface area contributed by atoms with E-state index in [0.29, 0.717) is 13.1 Å². The fraction of sp³-hybridized carbons (Fsp3) is 0.348. The Kier molecular flexibility index (Phi) is 8.09. The van der Waals surface area contributed by atoms with Gasteiger partial charge in [0.15, 0.2) is 0 Å². The maximum atomic E-state index is 12.2. The van der Waals surface area contributed by atoms with Crippen LogP contribution in [0.2, 0.25) is 5.02 Å². The lowest BCUT2D eigenvalue weighted by molar-refractivity contribution is -0.122. The minimum atomic E-state index is 0.0967. The number of nitrogens with zero attached hydrogens (tertiary/aromatic N) is 2. The van der Waals surface area contributed by atoms with Gasteiger partial charge in [0.2, 0.25) is 5.91 Å². The second-order valence-corrected chi connectivity index (χ2v) is 7.56. The van der Waals surface area contributed by atoms with Gasteiger partial charge in [0, 0.05) is 44.3 Å². The molecule has 1 fully saturated rings. The van der Waals surface area contributed by atoms with Gasteiger partial charge >= 0.3 is 0 Å². The molecule has 0 saturated carbocycles. The molecule has 0 radical (unpaired) electrons. The van der Waals surface area contributed by atoms with Crippen molar-refractivity contribution >= 4 is 23.6 Å². The van der Waals surface area contributed by atoms with E-state index in [9.17, 15) is 4.79 Å². The van der Waals surface area contributed by atoms with Crippen LogP contribution in [0.1, 0.15) is 11.1 Å². The Morgan fingerprint density at radius 1 is 1.00 bits per heavy atom. The van der Waals surface area contributed by atoms with Gasteiger partial charge in [-0.05, 0) is 29.7 Å². The zero-order valence-corrected chi connectivity index (χ0v) is 16.9. The molecule has 0 aromatic heterocycles. The maximum absolute atomic E-state index is 12.2. The molecule has 0 bridgehead atoms. The Hall–Kier alpha value is -2.14. The molecule has 0 atom stereocenters. The first-order valence-corrected chi connectivity index (χ1v) is 10.2. The van der Waals surface area contributed by atoms with Gasteiger partial charge in [-0.2, -0.15) is 0 Å². The van der Waals surface area contributed by atoms with E-state index in [1.165, 1.54) is 5.56 Å². The molecule has 4 nitrogen and oxygen atoms in total. The third kappa shape index (κ3) is 7.12. The van der Waals surface area contributed by atoms with Crippen LogP contribution in [0.15, 0.2) is 60.7 Å². The smallest absolute Gasteiger partial charge is 0.234 e. The number of carbonyl (C=O) groups is 1. The Bertz CT molecular complexity index is 770. The number of benzene rings is 2. The molecular weight excluding hydrogens is 370 g/mol. The Labute approximate surface area is 172 Å². The summed E-state index contributed by atoms with van der Waals surface area (Å²) in [4.78, 5) is 16.8. The Morgan fingerprint density at radius 3 is 2.50 bits per heavy atom. The fourth-order valence-electron chi connectivity index (χ4n) is 3.33. The van der Waals surface area contributed by atoms with Gasteiger partial charge in [0.25, 0.3) is 0 Å². The van der Waals surface area contributed by atoms with Crippen molar-refractivity contribution < 1.29 is 4.79 Å². The van der Waals surface area contributed by atoms with E-state index in [1.807, 2.05) is 30.3 Å². The number of rotatable bonds is 8. The standard InChI is InChI=1S/C23H28ClN3O/c24-22-10-4-8-21(18-22)11-12-25-23(28)19-27-16-14-26(15-17-27)13-5-9-20-6-2-1-3-7-20/h1-10,18H,11-17,19H2,(H,25,28)/b9-5+. The van der Waals surface area contributed by atoms with Crippen molar-refractivity contribution in [2.24, 2.45) is 0 Å². The van der Waals surface area contributed by atoms with Crippen LogP contribution in [0.5, 0.6) is 0 Å². The zero-order valence-electron chi connectivity index (χ0n) is 16.2. The lowest BCUT2D eigenvalue weighted by Gasteiger charge is -2.33. The molecule has 1 aliphatic heterocycles. The molecule has 2 aromatic carbocycles. The summed E-state index contributed by atoms with van der Waals surface area (Å²) in [6.07, 6.45) is 5.18. The second kappa shape index (κ2) is 11.0. The maximum Gasteiger partial charge on any atom is 0.234 e. The molecule has 28 heavy (non-hydrogen) atoms. The lowest BCUT2D eigenvalue weighted by Crippen LogP contribution is -2.49. The van der Waals surface area contributed by atoms with Crippen LogP contribution in [-0.4, -0.2) is 61.5 Å². The van der Waals surface area contributed by atoms with Crippen LogP contribution in [0.3, 0.4) is 0 Å². The molecular formula is C23H28ClN3O. The molecule has 148 valence electrons. The number of nitrogens with one attached hydrogen (secondary N) is 1. The number of halogens is 1. The van der Waals surface area contributed by atoms with Gasteiger partial charge in [0.1, 0.15) is 0 Å².